The molecule has 21 heavy (non-hydrogen) atoms. The molecule has 1 aliphatic heterocycles. The molecule has 8 heteroatoms. The number of rotatable bonds is 2. The van der Waals surface area contributed by atoms with Crippen LogP contribution in [0.4, 0.5) is 13.2 Å². The van der Waals surface area contributed by atoms with Gasteiger partial charge in [-0.3, -0.25) is 4.90 Å². The van der Waals surface area contributed by atoms with E-state index >= 15 is 0 Å². The quantitative estimate of drug-likeness (QED) is 0.900. The molecule has 1 fully saturated rings. The summed E-state index contributed by atoms with van der Waals surface area (Å²) in [5, 5.41) is 7.90. The highest BCUT2D eigenvalue weighted by Crippen LogP contribution is 2.44. The van der Waals surface area contributed by atoms with Crippen LogP contribution in [0.2, 0.25) is 0 Å². The fourth-order valence-electron chi connectivity index (χ4n) is 3.69. The summed E-state index contributed by atoms with van der Waals surface area (Å²) < 4.78 is 41.2. The summed E-state index contributed by atoms with van der Waals surface area (Å²) in [5.74, 6) is -0.433. The Bertz CT molecular complexity index is 500. The third-order valence-corrected chi connectivity index (χ3v) is 4.97. The van der Waals surface area contributed by atoms with Crippen LogP contribution in [0.25, 0.3) is 0 Å². The van der Waals surface area contributed by atoms with Gasteiger partial charge in [-0.1, -0.05) is 6.42 Å². The van der Waals surface area contributed by atoms with Crippen molar-refractivity contribution in [2.45, 2.75) is 50.5 Å². The van der Waals surface area contributed by atoms with Crippen molar-refractivity contribution in [1.29, 1.82) is 0 Å². The second kappa shape index (κ2) is 5.24. The minimum Gasteiger partial charge on any atom is -0.329 e. The van der Waals surface area contributed by atoms with Crippen LogP contribution in [0, 0.1) is 5.92 Å². The van der Waals surface area contributed by atoms with Gasteiger partial charge in [0.15, 0.2) is 0 Å². The van der Waals surface area contributed by atoms with Gasteiger partial charge in [-0.2, -0.15) is 13.2 Å². The molecule has 1 aromatic heterocycles. The third-order valence-electron chi connectivity index (χ3n) is 4.97. The lowest BCUT2D eigenvalue weighted by molar-refractivity contribution is -0.194. The normalized spacial score (nSPS) is 31.1. The van der Waals surface area contributed by atoms with Gasteiger partial charge in [0.2, 0.25) is 0 Å². The maximum atomic E-state index is 13.1. The molecule has 3 rings (SSSR count). The summed E-state index contributed by atoms with van der Waals surface area (Å²) in [7, 11) is 0. The Morgan fingerprint density at radius 3 is 2.90 bits per heavy atom. The van der Waals surface area contributed by atoms with E-state index in [2.05, 4.69) is 15.1 Å². The standard InChI is InChI=1S/C13H20F3N5/c14-13(15,16)10-2-1-3-12(6-10,8-17)21-5-4-20-9-18-19-11(20)7-21/h9-10H,1-8,17H2. The van der Waals surface area contributed by atoms with Crippen molar-refractivity contribution in [2.24, 2.45) is 11.7 Å². The van der Waals surface area contributed by atoms with Gasteiger partial charge in [0.05, 0.1) is 12.5 Å². The summed E-state index contributed by atoms with van der Waals surface area (Å²) in [5.41, 5.74) is 5.36. The SMILES string of the molecule is NCC1(N2CCn3cnnc3C2)CCCC(C(F)(F)F)C1. The van der Waals surface area contributed by atoms with Crippen LogP contribution in [0.5, 0.6) is 0 Å². The second-order valence-electron chi connectivity index (χ2n) is 6.13. The maximum absolute atomic E-state index is 13.1. The Hall–Kier alpha value is -1.15. The predicted molar refractivity (Wildman–Crippen MR) is 70.2 cm³/mol. The second-order valence-corrected chi connectivity index (χ2v) is 6.13. The molecule has 1 saturated carbocycles. The fourth-order valence-corrected chi connectivity index (χ4v) is 3.69. The summed E-state index contributed by atoms with van der Waals surface area (Å²) in [6.07, 6.45) is -0.844. The van der Waals surface area contributed by atoms with Gasteiger partial charge in [-0.15, -0.1) is 10.2 Å². The van der Waals surface area contributed by atoms with Crippen LogP contribution in [0.1, 0.15) is 31.5 Å². The molecule has 0 spiro atoms. The lowest BCUT2D eigenvalue weighted by Crippen LogP contribution is -2.59. The minimum atomic E-state index is -4.13. The Kier molecular flexibility index (Phi) is 3.69. The van der Waals surface area contributed by atoms with Gasteiger partial charge in [-0.05, 0) is 19.3 Å². The van der Waals surface area contributed by atoms with Gasteiger partial charge in [-0.25, -0.2) is 0 Å². The zero-order valence-corrected chi connectivity index (χ0v) is 11.8. The highest BCUT2D eigenvalue weighted by Gasteiger charge is 2.49. The third kappa shape index (κ3) is 2.66. The topological polar surface area (TPSA) is 60.0 Å². The summed E-state index contributed by atoms with van der Waals surface area (Å²) in [4.78, 5) is 2.09. The number of aromatic nitrogens is 3. The van der Waals surface area contributed by atoms with Crippen molar-refractivity contribution in [3.63, 3.8) is 0 Å². The van der Waals surface area contributed by atoms with Crippen LogP contribution in [-0.4, -0.2) is 44.5 Å². The number of nitrogens with two attached hydrogens (primary N) is 1. The lowest BCUT2D eigenvalue weighted by atomic mass is 9.74. The van der Waals surface area contributed by atoms with Crippen LogP contribution in [0.3, 0.4) is 0 Å². The number of nitrogens with zero attached hydrogens (tertiary/aromatic N) is 4. The Morgan fingerprint density at radius 2 is 2.19 bits per heavy atom. The van der Waals surface area contributed by atoms with E-state index in [1.807, 2.05) is 4.57 Å². The Morgan fingerprint density at radius 1 is 1.38 bits per heavy atom. The fraction of sp³-hybridized carbons (Fsp3) is 0.846. The van der Waals surface area contributed by atoms with Crippen LogP contribution >= 0.6 is 0 Å². The van der Waals surface area contributed by atoms with Crippen molar-refractivity contribution in [3.8, 4) is 0 Å². The summed E-state index contributed by atoms with van der Waals surface area (Å²) >= 11 is 0. The number of hydrogen-bond acceptors (Lipinski definition) is 4. The molecule has 1 aliphatic carbocycles. The highest BCUT2D eigenvalue weighted by molar-refractivity contribution is 5.02. The number of fused-ring (bicyclic) bond motifs is 1. The van der Waals surface area contributed by atoms with E-state index < -0.39 is 17.6 Å². The molecule has 2 heterocycles. The van der Waals surface area contributed by atoms with Crippen LogP contribution in [0.15, 0.2) is 6.33 Å². The molecule has 2 atom stereocenters. The first-order valence-corrected chi connectivity index (χ1v) is 7.33. The summed E-state index contributed by atoms with van der Waals surface area (Å²) in [6.45, 7) is 2.20. The first-order chi connectivity index (χ1) is 9.94. The zero-order valence-electron chi connectivity index (χ0n) is 11.8. The highest BCUT2D eigenvalue weighted by atomic mass is 19.4. The molecule has 0 radical (unpaired) electrons. The lowest BCUT2D eigenvalue weighted by Gasteiger charge is -2.49. The van der Waals surface area contributed by atoms with E-state index in [0.29, 0.717) is 26.1 Å². The van der Waals surface area contributed by atoms with Gasteiger partial charge < -0.3 is 10.3 Å². The van der Waals surface area contributed by atoms with Crippen LogP contribution < -0.4 is 5.73 Å². The molecule has 2 unspecified atom stereocenters. The van der Waals surface area contributed by atoms with E-state index in [1.54, 1.807) is 6.33 Å². The zero-order chi connectivity index (χ0) is 15.1. The van der Waals surface area contributed by atoms with Crippen molar-refractivity contribution >= 4 is 0 Å². The van der Waals surface area contributed by atoms with Crippen LogP contribution in [-0.2, 0) is 13.1 Å². The van der Waals surface area contributed by atoms with E-state index in [-0.39, 0.29) is 19.4 Å². The average molecular weight is 303 g/mol. The van der Waals surface area contributed by atoms with E-state index in [0.717, 1.165) is 12.2 Å². The van der Waals surface area contributed by atoms with E-state index in [9.17, 15) is 13.2 Å². The van der Waals surface area contributed by atoms with Crippen molar-refractivity contribution in [1.82, 2.24) is 19.7 Å². The molecule has 0 saturated heterocycles. The molecule has 5 nitrogen and oxygen atoms in total. The largest absolute Gasteiger partial charge is 0.391 e. The van der Waals surface area contributed by atoms with Gasteiger partial charge in [0.1, 0.15) is 12.2 Å². The molecule has 0 aromatic carbocycles. The molecule has 2 N–H and O–H groups in total. The number of hydrogen-bond donors (Lipinski definition) is 1. The first-order valence-electron chi connectivity index (χ1n) is 7.33. The van der Waals surface area contributed by atoms with Gasteiger partial charge >= 0.3 is 6.18 Å². The molecular weight excluding hydrogens is 283 g/mol. The maximum Gasteiger partial charge on any atom is 0.391 e. The van der Waals surface area contributed by atoms with E-state index in [4.69, 9.17) is 5.73 Å². The van der Waals surface area contributed by atoms with Crippen molar-refractivity contribution < 1.29 is 13.2 Å². The molecule has 0 amide bonds. The smallest absolute Gasteiger partial charge is 0.329 e. The molecule has 118 valence electrons. The Labute approximate surface area is 121 Å². The molecular formula is C13H20F3N5. The number of alkyl halides is 3. The monoisotopic (exact) mass is 303 g/mol. The molecule has 0 bridgehead atoms. The van der Waals surface area contributed by atoms with Gasteiger partial charge in [0, 0.05) is 25.2 Å². The van der Waals surface area contributed by atoms with Crippen molar-refractivity contribution in [3.05, 3.63) is 12.2 Å². The average Bonchev–Trinajstić information content (AvgIpc) is 2.93. The van der Waals surface area contributed by atoms with Gasteiger partial charge in [0.25, 0.3) is 0 Å². The first kappa shape index (κ1) is 14.8. The molecule has 2 aliphatic rings. The number of halogens is 3. The molecule has 1 aromatic rings. The van der Waals surface area contributed by atoms with Crippen molar-refractivity contribution in [2.75, 3.05) is 13.1 Å². The van der Waals surface area contributed by atoms with E-state index in [1.165, 1.54) is 0 Å². The minimum absolute atomic E-state index is 0.0984. The summed E-state index contributed by atoms with van der Waals surface area (Å²) in [6, 6.07) is 0. The predicted octanol–water partition coefficient (Wildman–Crippen LogP) is 1.54. The Balaban J connectivity index is 1.81.